The van der Waals surface area contributed by atoms with Gasteiger partial charge in [-0.25, -0.2) is 18.0 Å². The smallest absolute Gasteiger partial charge is 0.326 e. The van der Waals surface area contributed by atoms with Crippen molar-refractivity contribution < 1.29 is 23.1 Å². The lowest BCUT2D eigenvalue weighted by molar-refractivity contribution is -0.139. The van der Waals surface area contributed by atoms with Gasteiger partial charge in [0, 0.05) is 12.3 Å². The van der Waals surface area contributed by atoms with Gasteiger partial charge in [-0.2, -0.15) is 0 Å². The highest BCUT2D eigenvalue weighted by Crippen LogP contribution is 2.25. The quantitative estimate of drug-likeness (QED) is 0.636. The molecule has 0 saturated heterocycles. The van der Waals surface area contributed by atoms with Crippen LogP contribution < -0.4 is 10.6 Å². The number of hydrogen-bond acceptors (Lipinski definition) is 4. The first-order valence-electron chi connectivity index (χ1n) is 6.15. The number of carbonyl (C=O) groups is 2. The lowest BCUT2D eigenvalue weighted by Gasteiger charge is -2.33. The van der Waals surface area contributed by atoms with Gasteiger partial charge in [0.15, 0.2) is 0 Å². The standard InChI is InChI=1S/C11H20N2O5S/c1-7-5-8(6-7)12-11(16)13-9(10(14)15)3-4-19(2,17)18/h7-9H,3-6H2,1-2H3,(H,14,15)(H2,12,13,16). The topological polar surface area (TPSA) is 113 Å². The first-order valence-corrected chi connectivity index (χ1v) is 8.21. The van der Waals surface area contributed by atoms with Crippen LogP contribution in [0.3, 0.4) is 0 Å². The molecular weight excluding hydrogens is 272 g/mol. The minimum atomic E-state index is -3.25. The summed E-state index contributed by atoms with van der Waals surface area (Å²) < 4.78 is 22.0. The fraction of sp³-hybridized carbons (Fsp3) is 0.818. The van der Waals surface area contributed by atoms with E-state index >= 15 is 0 Å². The number of carboxylic acids is 1. The van der Waals surface area contributed by atoms with Crippen molar-refractivity contribution in [3.63, 3.8) is 0 Å². The van der Waals surface area contributed by atoms with Crippen molar-refractivity contribution in [2.24, 2.45) is 5.92 Å². The Kier molecular flexibility index (Phi) is 5.16. The summed E-state index contributed by atoms with van der Waals surface area (Å²) in [4.78, 5) is 22.5. The van der Waals surface area contributed by atoms with Crippen LogP contribution in [0, 0.1) is 5.92 Å². The molecule has 0 heterocycles. The van der Waals surface area contributed by atoms with Gasteiger partial charge in [-0.05, 0) is 25.2 Å². The number of nitrogens with one attached hydrogen (secondary N) is 2. The van der Waals surface area contributed by atoms with E-state index in [-0.39, 0.29) is 18.2 Å². The number of carbonyl (C=O) groups excluding carboxylic acids is 1. The first-order chi connectivity index (χ1) is 8.67. The Morgan fingerprint density at radius 2 is 1.95 bits per heavy atom. The molecule has 0 bridgehead atoms. The highest BCUT2D eigenvalue weighted by molar-refractivity contribution is 7.90. The third-order valence-electron chi connectivity index (χ3n) is 3.09. The SMILES string of the molecule is CC1CC(NC(=O)NC(CCS(C)(=O)=O)C(=O)O)C1. The summed E-state index contributed by atoms with van der Waals surface area (Å²) in [6.45, 7) is 2.07. The Morgan fingerprint density at radius 3 is 2.37 bits per heavy atom. The molecule has 1 fully saturated rings. The van der Waals surface area contributed by atoms with Crippen molar-refractivity contribution in [3.05, 3.63) is 0 Å². The molecule has 3 N–H and O–H groups in total. The summed E-state index contributed by atoms with van der Waals surface area (Å²) >= 11 is 0. The third-order valence-corrected chi connectivity index (χ3v) is 4.07. The Balaban J connectivity index is 2.40. The molecule has 1 atom stereocenters. The maximum Gasteiger partial charge on any atom is 0.326 e. The van der Waals surface area contributed by atoms with Crippen LogP contribution in [0.4, 0.5) is 4.79 Å². The molecule has 19 heavy (non-hydrogen) atoms. The van der Waals surface area contributed by atoms with E-state index in [0.29, 0.717) is 5.92 Å². The molecule has 110 valence electrons. The summed E-state index contributed by atoms with van der Waals surface area (Å²) in [5, 5.41) is 13.9. The Hall–Kier alpha value is -1.31. The van der Waals surface area contributed by atoms with Gasteiger partial charge in [0.2, 0.25) is 0 Å². The number of rotatable bonds is 6. The fourth-order valence-corrected chi connectivity index (χ4v) is 2.66. The lowest BCUT2D eigenvalue weighted by Crippen LogP contribution is -2.52. The monoisotopic (exact) mass is 292 g/mol. The number of amides is 2. The van der Waals surface area contributed by atoms with Crippen molar-refractivity contribution in [2.75, 3.05) is 12.0 Å². The van der Waals surface area contributed by atoms with Crippen LogP contribution in [0.2, 0.25) is 0 Å². The number of urea groups is 1. The van der Waals surface area contributed by atoms with E-state index in [2.05, 4.69) is 17.6 Å². The van der Waals surface area contributed by atoms with E-state index in [9.17, 15) is 18.0 Å². The Bertz CT molecular complexity index is 442. The molecule has 8 heteroatoms. The minimum Gasteiger partial charge on any atom is -0.480 e. The average molecular weight is 292 g/mol. The van der Waals surface area contributed by atoms with Crippen LogP contribution in [0.1, 0.15) is 26.2 Å². The molecule has 7 nitrogen and oxygen atoms in total. The molecule has 0 aromatic carbocycles. The fourth-order valence-electron chi connectivity index (χ4n) is 1.99. The second kappa shape index (κ2) is 6.23. The molecule has 0 aromatic heterocycles. The van der Waals surface area contributed by atoms with Crippen LogP contribution in [0.15, 0.2) is 0 Å². The van der Waals surface area contributed by atoms with Crippen LogP contribution in [-0.4, -0.2) is 49.6 Å². The largest absolute Gasteiger partial charge is 0.480 e. The second-order valence-electron chi connectivity index (χ2n) is 5.20. The second-order valence-corrected chi connectivity index (χ2v) is 7.46. The van der Waals surface area contributed by atoms with Gasteiger partial charge in [-0.3, -0.25) is 0 Å². The Morgan fingerprint density at radius 1 is 1.37 bits per heavy atom. The van der Waals surface area contributed by atoms with Crippen LogP contribution in [0.5, 0.6) is 0 Å². The molecule has 1 rings (SSSR count). The first kappa shape index (κ1) is 15.7. The van der Waals surface area contributed by atoms with E-state index in [1.165, 1.54) is 0 Å². The van der Waals surface area contributed by atoms with E-state index < -0.39 is 27.9 Å². The van der Waals surface area contributed by atoms with Gasteiger partial charge >= 0.3 is 12.0 Å². The summed E-state index contributed by atoms with van der Waals surface area (Å²) in [6, 6.07) is -1.66. The summed E-state index contributed by atoms with van der Waals surface area (Å²) in [5.74, 6) is -0.934. The zero-order valence-electron chi connectivity index (χ0n) is 11.0. The summed E-state index contributed by atoms with van der Waals surface area (Å²) in [6.07, 6.45) is 2.66. The predicted octanol–water partition coefficient (Wildman–Crippen LogP) is -0.0280. The normalized spacial score (nSPS) is 24.1. The van der Waals surface area contributed by atoms with Gasteiger partial charge < -0.3 is 15.7 Å². The van der Waals surface area contributed by atoms with Gasteiger partial charge in [-0.15, -0.1) is 0 Å². The van der Waals surface area contributed by atoms with E-state index in [1.807, 2.05) is 0 Å². The van der Waals surface area contributed by atoms with Gasteiger partial charge in [0.25, 0.3) is 0 Å². The maximum atomic E-state index is 11.6. The van der Waals surface area contributed by atoms with Crippen LogP contribution in [0.25, 0.3) is 0 Å². The van der Waals surface area contributed by atoms with E-state index in [0.717, 1.165) is 19.1 Å². The molecular formula is C11H20N2O5S. The minimum absolute atomic E-state index is 0.0827. The molecule has 0 radical (unpaired) electrons. The lowest BCUT2D eigenvalue weighted by atomic mass is 9.82. The van der Waals surface area contributed by atoms with Crippen LogP contribution >= 0.6 is 0 Å². The van der Waals surface area contributed by atoms with Crippen molar-refractivity contribution >= 4 is 21.8 Å². The Labute approximate surface area is 112 Å². The average Bonchev–Trinajstić information content (AvgIpc) is 2.20. The highest BCUT2D eigenvalue weighted by Gasteiger charge is 2.28. The highest BCUT2D eigenvalue weighted by atomic mass is 32.2. The van der Waals surface area contributed by atoms with Crippen molar-refractivity contribution in [1.82, 2.24) is 10.6 Å². The number of sulfone groups is 1. The van der Waals surface area contributed by atoms with Crippen molar-refractivity contribution in [3.8, 4) is 0 Å². The molecule has 1 unspecified atom stereocenters. The van der Waals surface area contributed by atoms with E-state index in [4.69, 9.17) is 5.11 Å². The van der Waals surface area contributed by atoms with E-state index in [1.54, 1.807) is 0 Å². The maximum absolute atomic E-state index is 11.6. The number of aliphatic carboxylic acids is 1. The molecule has 0 spiro atoms. The number of carboxylic acid groups (broad SMARTS) is 1. The third kappa shape index (κ3) is 5.91. The van der Waals surface area contributed by atoms with Crippen molar-refractivity contribution in [1.29, 1.82) is 0 Å². The van der Waals surface area contributed by atoms with Gasteiger partial charge in [0.1, 0.15) is 15.9 Å². The molecule has 0 aromatic rings. The summed E-state index contributed by atoms with van der Waals surface area (Å²) in [5.41, 5.74) is 0. The predicted molar refractivity (Wildman–Crippen MR) is 69.6 cm³/mol. The summed E-state index contributed by atoms with van der Waals surface area (Å²) in [7, 11) is -3.25. The molecule has 0 aliphatic heterocycles. The molecule has 1 aliphatic carbocycles. The molecule has 1 aliphatic rings. The molecule has 1 saturated carbocycles. The van der Waals surface area contributed by atoms with Crippen LogP contribution in [-0.2, 0) is 14.6 Å². The van der Waals surface area contributed by atoms with Gasteiger partial charge in [-0.1, -0.05) is 6.92 Å². The zero-order valence-corrected chi connectivity index (χ0v) is 11.9. The number of hydrogen-bond donors (Lipinski definition) is 3. The van der Waals surface area contributed by atoms with Gasteiger partial charge in [0.05, 0.1) is 5.75 Å². The molecule has 2 amide bonds. The van der Waals surface area contributed by atoms with Crippen molar-refractivity contribution in [2.45, 2.75) is 38.3 Å². The zero-order chi connectivity index (χ0) is 14.6.